The fourth-order valence-electron chi connectivity index (χ4n) is 2.38. The Morgan fingerprint density at radius 2 is 1.95 bits per heavy atom. The molecule has 3 aromatic rings. The van der Waals surface area contributed by atoms with Crippen LogP contribution in [0.1, 0.15) is 16.1 Å². The predicted octanol–water partition coefficient (Wildman–Crippen LogP) is 3.22. The van der Waals surface area contributed by atoms with Crippen molar-refractivity contribution in [3.8, 4) is 0 Å². The Hall–Kier alpha value is -2.62. The first-order chi connectivity index (χ1) is 9.69. The van der Waals surface area contributed by atoms with Gasteiger partial charge in [0.2, 0.25) is 0 Å². The molecule has 0 radical (unpaired) electrons. The maximum Gasteiger partial charge on any atom is 0.166 e. The number of halogens is 1. The van der Waals surface area contributed by atoms with Crippen LogP contribution < -0.4 is 5.73 Å². The highest BCUT2D eigenvalue weighted by molar-refractivity contribution is 5.90. The van der Waals surface area contributed by atoms with Gasteiger partial charge in [-0.3, -0.25) is 4.79 Å². The van der Waals surface area contributed by atoms with E-state index in [1.807, 2.05) is 6.07 Å². The van der Waals surface area contributed by atoms with Crippen molar-refractivity contribution in [2.75, 3.05) is 5.73 Å². The third-order valence-electron chi connectivity index (χ3n) is 3.36. The fraction of sp³-hybridized carbons (Fsp3) is 0.0625. The average Bonchev–Trinajstić information content (AvgIpc) is 2.78. The molecular formula is C16H13FN2O. The van der Waals surface area contributed by atoms with E-state index >= 15 is 0 Å². The van der Waals surface area contributed by atoms with Gasteiger partial charge in [0.15, 0.2) is 6.29 Å². The number of anilines is 1. The smallest absolute Gasteiger partial charge is 0.166 e. The Kier molecular flexibility index (Phi) is 2.99. The van der Waals surface area contributed by atoms with Gasteiger partial charge in [-0.2, -0.15) is 0 Å². The van der Waals surface area contributed by atoms with Gasteiger partial charge in [-0.15, -0.1) is 0 Å². The predicted molar refractivity (Wildman–Crippen MR) is 77.2 cm³/mol. The molecule has 20 heavy (non-hydrogen) atoms. The minimum atomic E-state index is -0.276. The monoisotopic (exact) mass is 268 g/mol. The largest absolute Gasteiger partial charge is 0.399 e. The summed E-state index contributed by atoms with van der Waals surface area (Å²) in [6.45, 7) is 0.314. The van der Waals surface area contributed by atoms with Crippen LogP contribution in [-0.4, -0.2) is 10.9 Å². The SMILES string of the molecule is Nc1ccc2c(c1)cc(C=O)n2Cc1ccccc1F. The molecule has 3 rings (SSSR count). The van der Waals surface area contributed by atoms with Crippen LogP contribution in [-0.2, 0) is 6.54 Å². The van der Waals surface area contributed by atoms with E-state index in [0.29, 0.717) is 23.5 Å². The van der Waals surface area contributed by atoms with Crippen molar-refractivity contribution < 1.29 is 9.18 Å². The summed E-state index contributed by atoms with van der Waals surface area (Å²) >= 11 is 0. The van der Waals surface area contributed by atoms with Gasteiger partial charge in [0.25, 0.3) is 0 Å². The number of nitrogens with two attached hydrogens (primary N) is 1. The van der Waals surface area contributed by atoms with E-state index in [9.17, 15) is 9.18 Å². The first-order valence-electron chi connectivity index (χ1n) is 6.26. The number of benzene rings is 2. The third-order valence-corrected chi connectivity index (χ3v) is 3.36. The van der Waals surface area contributed by atoms with Gasteiger partial charge in [-0.1, -0.05) is 18.2 Å². The van der Waals surface area contributed by atoms with Crippen LogP contribution in [0.4, 0.5) is 10.1 Å². The first-order valence-corrected chi connectivity index (χ1v) is 6.26. The van der Waals surface area contributed by atoms with Crippen LogP contribution in [0.5, 0.6) is 0 Å². The number of carbonyl (C=O) groups is 1. The van der Waals surface area contributed by atoms with Crippen LogP contribution in [0.15, 0.2) is 48.5 Å². The summed E-state index contributed by atoms with van der Waals surface area (Å²) < 4.78 is 15.6. The van der Waals surface area contributed by atoms with Crippen LogP contribution >= 0.6 is 0 Å². The van der Waals surface area contributed by atoms with Crippen LogP contribution in [0.3, 0.4) is 0 Å². The van der Waals surface area contributed by atoms with Crippen molar-refractivity contribution >= 4 is 22.9 Å². The summed E-state index contributed by atoms with van der Waals surface area (Å²) in [5, 5.41) is 0.878. The molecule has 1 aromatic heterocycles. The summed E-state index contributed by atoms with van der Waals surface area (Å²) in [7, 11) is 0. The number of fused-ring (bicyclic) bond motifs is 1. The van der Waals surface area contributed by atoms with Crippen molar-refractivity contribution in [2.45, 2.75) is 6.54 Å². The van der Waals surface area contributed by atoms with Gasteiger partial charge in [-0.25, -0.2) is 4.39 Å². The molecule has 0 aliphatic rings. The lowest BCUT2D eigenvalue weighted by Gasteiger charge is -2.09. The molecule has 100 valence electrons. The molecule has 0 bridgehead atoms. The second kappa shape index (κ2) is 4.81. The Bertz CT molecular complexity index is 792. The number of rotatable bonds is 3. The second-order valence-corrected chi connectivity index (χ2v) is 4.68. The van der Waals surface area contributed by atoms with Gasteiger partial charge < -0.3 is 10.3 Å². The zero-order valence-electron chi connectivity index (χ0n) is 10.7. The number of hydrogen-bond donors (Lipinski definition) is 1. The van der Waals surface area contributed by atoms with E-state index in [4.69, 9.17) is 5.73 Å². The maximum absolute atomic E-state index is 13.8. The van der Waals surface area contributed by atoms with E-state index in [-0.39, 0.29) is 5.82 Å². The van der Waals surface area contributed by atoms with Crippen molar-refractivity contribution in [3.05, 3.63) is 65.6 Å². The van der Waals surface area contributed by atoms with E-state index < -0.39 is 0 Å². The van der Waals surface area contributed by atoms with Gasteiger partial charge in [0.1, 0.15) is 5.82 Å². The third kappa shape index (κ3) is 2.05. The van der Waals surface area contributed by atoms with Gasteiger partial charge in [0, 0.05) is 22.2 Å². The summed E-state index contributed by atoms with van der Waals surface area (Å²) in [4.78, 5) is 11.2. The summed E-state index contributed by atoms with van der Waals surface area (Å²) in [6, 6.07) is 13.7. The molecule has 1 heterocycles. The van der Waals surface area contributed by atoms with E-state index in [1.165, 1.54) is 6.07 Å². The van der Waals surface area contributed by atoms with Gasteiger partial charge in [0.05, 0.1) is 12.2 Å². The van der Waals surface area contributed by atoms with Crippen molar-refractivity contribution in [1.82, 2.24) is 4.57 Å². The van der Waals surface area contributed by atoms with Crippen LogP contribution in [0.2, 0.25) is 0 Å². The first kappa shape index (κ1) is 12.4. The molecule has 0 spiro atoms. The lowest BCUT2D eigenvalue weighted by atomic mass is 10.2. The van der Waals surface area contributed by atoms with Crippen molar-refractivity contribution in [1.29, 1.82) is 0 Å². The lowest BCUT2D eigenvalue weighted by molar-refractivity contribution is 0.111. The highest BCUT2D eigenvalue weighted by Crippen LogP contribution is 2.23. The van der Waals surface area contributed by atoms with Crippen LogP contribution in [0.25, 0.3) is 10.9 Å². The summed E-state index contributed by atoms with van der Waals surface area (Å²) in [6.07, 6.45) is 0.775. The molecule has 0 aliphatic heterocycles. The normalized spacial score (nSPS) is 10.8. The Labute approximate surface area is 115 Å². The molecule has 0 atom stereocenters. The standard InChI is InChI=1S/C16H13FN2O/c17-15-4-2-1-3-11(15)9-19-14(10-20)8-12-7-13(18)5-6-16(12)19/h1-8,10H,9,18H2. The average molecular weight is 268 g/mol. The quantitative estimate of drug-likeness (QED) is 0.585. The number of hydrogen-bond acceptors (Lipinski definition) is 2. The molecular weight excluding hydrogens is 255 g/mol. The second-order valence-electron chi connectivity index (χ2n) is 4.68. The van der Waals surface area contributed by atoms with E-state index in [1.54, 1.807) is 41.0 Å². The summed E-state index contributed by atoms with van der Waals surface area (Å²) in [5.74, 6) is -0.276. The van der Waals surface area contributed by atoms with E-state index in [0.717, 1.165) is 17.2 Å². The van der Waals surface area contributed by atoms with Crippen LogP contribution in [0, 0.1) is 5.82 Å². The molecule has 0 saturated heterocycles. The summed E-state index contributed by atoms with van der Waals surface area (Å²) in [5.41, 5.74) is 8.30. The van der Waals surface area contributed by atoms with E-state index in [2.05, 4.69) is 0 Å². The van der Waals surface area contributed by atoms with Gasteiger partial charge >= 0.3 is 0 Å². The number of nitrogens with zero attached hydrogens (tertiary/aromatic N) is 1. The molecule has 4 heteroatoms. The number of aromatic nitrogens is 1. The molecule has 2 aromatic carbocycles. The number of carbonyl (C=O) groups excluding carboxylic acids is 1. The molecule has 0 unspecified atom stereocenters. The number of nitrogen functional groups attached to an aromatic ring is 1. The van der Waals surface area contributed by atoms with Gasteiger partial charge in [-0.05, 0) is 30.3 Å². The molecule has 0 fully saturated rings. The number of aldehydes is 1. The zero-order chi connectivity index (χ0) is 14.1. The molecule has 3 nitrogen and oxygen atoms in total. The molecule has 0 saturated carbocycles. The van der Waals surface area contributed by atoms with Crippen molar-refractivity contribution in [3.63, 3.8) is 0 Å². The Morgan fingerprint density at radius 3 is 2.70 bits per heavy atom. The fourth-order valence-corrected chi connectivity index (χ4v) is 2.38. The zero-order valence-corrected chi connectivity index (χ0v) is 10.7. The van der Waals surface area contributed by atoms with Crippen molar-refractivity contribution in [2.24, 2.45) is 0 Å². The Morgan fingerprint density at radius 1 is 1.15 bits per heavy atom. The minimum Gasteiger partial charge on any atom is -0.399 e. The highest BCUT2D eigenvalue weighted by Gasteiger charge is 2.10. The Balaban J connectivity index is 2.15. The topological polar surface area (TPSA) is 48.0 Å². The molecule has 2 N–H and O–H groups in total. The lowest BCUT2D eigenvalue weighted by Crippen LogP contribution is -2.05. The molecule has 0 aliphatic carbocycles. The molecule has 0 amide bonds. The maximum atomic E-state index is 13.8. The minimum absolute atomic E-state index is 0.276. The highest BCUT2D eigenvalue weighted by atomic mass is 19.1.